The van der Waals surface area contributed by atoms with Gasteiger partial charge in [0, 0.05) is 6.54 Å². The SMILES string of the molecule is CC(C)[Si](OC[C@@H](CNC(=O)OC(C)(C)C)OCc1ccccc1)(C(C)C)C(C)C. The molecule has 1 aromatic carbocycles. The fraction of sp³-hybridized carbons (Fsp3) is 0.708. The van der Waals surface area contributed by atoms with Crippen LogP contribution in [0.3, 0.4) is 0 Å². The fourth-order valence-corrected chi connectivity index (χ4v) is 9.68. The summed E-state index contributed by atoms with van der Waals surface area (Å²) >= 11 is 0. The molecule has 0 aliphatic carbocycles. The molecular formula is C24H43NO4Si. The summed E-state index contributed by atoms with van der Waals surface area (Å²) in [7, 11) is -2.02. The Bertz CT molecular complexity index is 604. The highest BCUT2D eigenvalue weighted by Crippen LogP contribution is 2.42. The Hall–Kier alpha value is -1.37. The number of benzene rings is 1. The first-order valence-electron chi connectivity index (χ1n) is 11.1. The molecule has 1 rings (SSSR count). The van der Waals surface area contributed by atoms with Gasteiger partial charge in [-0.2, -0.15) is 0 Å². The monoisotopic (exact) mass is 437 g/mol. The standard InChI is InChI=1S/C24H43NO4Si/c1-18(2)30(19(3)4,20(5)6)28-17-22(15-25-23(26)29-24(7,8)9)27-16-21-13-11-10-12-14-21/h10-14,18-20,22H,15-17H2,1-9H3,(H,25,26)/t22-/m1/s1. The van der Waals surface area contributed by atoms with E-state index in [0.717, 1.165) is 5.56 Å². The highest BCUT2D eigenvalue weighted by atomic mass is 28.4. The zero-order valence-corrected chi connectivity index (χ0v) is 21.5. The second-order valence-corrected chi connectivity index (χ2v) is 15.4. The van der Waals surface area contributed by atoms with Gasteiger partial charge in [-0.15, -0.1) is 0 Å². The zero-order chi connectivity index (χ0) is 22.9. The summed E-state index contributed by atoms with van der Waals surface area (Å²) in [5.74, 6) is 0. The average molecular weight is 438 g/mol. The number of hydrogen-bond donors (Lipinski definition) is 1. The maximum Gasteiger partial charge on any atom is 0.407 e. The summed E-state index contributed by atoms with van der Waals surface area (Å²) in [5.41, 5.74) is 2.04. The third kappa shape index (κ3) is 8.40. The van der Waals surface area contributed by atoms with E-state index >= 15 is 0 Å². The van der Waals surface area contributed by atoms with Crippen LogP contribution in [0.15, 0.2) is 30.3 Å². The third-order valence-corrected chi connectivity index (χ3v) is 11.5. The predicted molar refractivity (Wildman–Crippen MR) is 126 cm³/mol. The van der Waals surface area contributed by atoms with Gasteiger partial charge in [0.1, 0.15) is 5.60 Å². The summed E-state index contributed by atoms with van der Waals surface area (Å²) in [6.07, 6.45) is -0.684. The van der Waals surface area contributed by atoms with Gasteiger partial charge in [-0.3, -0.25) is 0 Å². The molecular weight excluding hydrogens is 394 g/mol. The Balaban J connectivity index is 2.86. The number of alkyl carbamates (subject to hydrolysis) is 1. The zero-order valence-electron chi connectivity index (χ0n) is 20.5. The normalized spacial score (nSPS) is 13.7. The van der Waals surface area contributed by atoms with Gasteiger partial charge < -0.3 is 19.2 Å². The second kappa shape index (κ2) is 11.9. The van der Waals surface area contributed by atoms with Crippen LogP contribution in [0.5, 0.6) is 0 Å². The first-order chi connectivity index (χ1) is 13.9. The first kappa shape index (κ1) is 26.7. The number of rotatable bonds is 11. The summed E-state index contributed by atoms with van der Waals surface area (Å²) in [5, 5.41) is 2.85. The summed E-state index contributed by atoms with van der Waals surface area (Å²) < 4.78 is 18.3. The fourth-order valence-electron chi connectivity index (χ4n) is 4.20. The molecule has 0 spiro atoms. The highest BCUT2D eigenvalue weighted by Gasteiger charge is 2.45. The van der Waals surface area contributed by atoms with Crippen LogP contribution >= 0.6 is 0 Å². The van der Waals surface area contributed by atoms with E-state index in [1.807, 2.05) is 51.1 Å². The topological polar surface area (TPSA) is 56.8 Å². The van der Waals surface area contributed by atoms with Crippen molar-refractivity contribution in [3.63, 3.8) is 0 Å². The minimum Gasteiger partial charge on any atom is -0.444 e. The van der Waals surface area contributed by atoms with Crippen molar-refractivity contribution in [1.82, 2.24) is 5.32 Å². The van der Waals surface area contributed by atoms with E-state index in [2.05, 4.69) is 46.9 Å². The van der Waals surface area contributed by atoms with Gasteiger partial charge in [0.2, 0.25) is 0 Å². The molecule has 0 heterocycles. The molecule has 0 aromatic heterocycles. The Morgan fingerprint density at radius 2 is 1.50 bits per heavy atom. The molecule has 0 unspecified atom stereocenters. The van der Waals surface area contributed by atoms with E-state index in [9.17, 15) is 4.79 Å². The van der Waals surface area contributed by atoms with E-state index in [1.54, 1.807) is 0 Å². The lowest BCUT2D eigenvalue weighted by Gasteiger charge is -2.43. The van der Waals surface area contributed by atoms with Gasteiger partial charge in [-0.1, -0.05) is 71.9 Å². The molecule has 0 saturated heterocycles. The summed E-state index contributed by atoms with van der Waals surface area (Å²) in [6, 6.07) is 10.1. The van der Waals surface area contributed by atoms with Crippen LogP contribution in [0.2, 0.25) is 16.6 Å². The van der Waals surface area contributed by atoms with Crippen LogP contribution in [-0.2, 0) is 20.5 Å². The predicted octanol–water partition coefficient (Wildman–Crippen LogP) is 6.29. The number of carbonyl (C=O) groups is 1. The first-order valence-corrected chi connectivity index (χ1v) is 13.3. The van der Waals surface area contributed by atoms with Crippen molar-refractivity contribution < 1.29 is 18.7 Å². The molecule has 0 fully saturated rings. The van der Waals surface area contributed by atoms with Crippen LogP contribution in [0.4, 0.5) is 4.79 Å². The minimum absolute atomic E-state index is 0.249. The van der Waals surface area contributed by atoms with E-state index in [0.29, 0.717) is 36.4 Å². The summed E-state index contributed by atoms with van der Waals surface area (Å²) in [6.45, 7) is 20.5. The van der Waals surface area contributed by atoms with Crippen LogP contribution in [0, 0.1) is 0 Å². The van der Waals surface area contributed by atoms with Gasteiger partial charge in [-0.25, -0.2) is 4.79 Å². The highest BCUT2D eigenvalue weighted by molar-refractivity contribution is 6.77. The molecule has 0 saturated carbocycles. The Morgan fingerprint density at radius 3 is 1.97 bits per heavy atom. The van der Waals surface area contributed by atoms with Crippen molar-refractivity contribution in [2.24, 2.45) is 0 Å². The van der Waals surface area contributed by atoms with Crippen molar-refractivity contribution in [3.05, 3.63) is 35.9 Å². The largest absolute Gasteiger partial charge is 0.444 e. The molecule has 0 aliphatic heterocycles. The number of nitrogens with one attached hydrogen (secondary N) is 1. The van der Waals surface area contributed by atoms with E-state index < -0.39 is 20.0 Å². The molecule has 6 heteroatoms. The van der Waals surface area contributed by atoms with Crippen molar-refractivity contribution >= 4 is 14.4 Å². The van der Waals surface area contributed by atoms with Crippen molar-refractivity contribution in [3.8, 4) is 0 Å². The van der Waals surface area contributed by atoms with E-state index in [4.69, 9.17) is 13.9 Å². The second-order valence-electron chi connectivity index (χ2n) is 9.93. The van der Waals surface area contributed by atoms with Crippen LogP contribution in [0.1, 0.15) is 67.9 Å². The van der Waals surface area contributed by atoms with Gasteiger partial charge in [0.25, 0.3) is 0 Å². The maximum atomic E-state index is 12.1. The van der Waals surface area contributed by atoms with E-state index in [-0.39, 0.29) is 6.10 Å². The van der Waals surface area contributed by atoms with Crippen LogP contribution < -0.4 is 5.32 Å². The number of amides is 1. The smallest absolute Gasteiger partial charge is 0.407 e. The van der Waals surface area contributed by atoms with Gasteiger partial charge >= 0.3 is 6.09 Å². The Labute approximate surface area is 185 Å². The van der Waals surface area contributed by atoms with Crippen molar-refractivity contribution in [2.75, 3.05) is 13.2 Å². The average Bonchev–Trinajstić information content (AvgIpc) is 2.62. The Kier molecular flexibility index (Phi) is 10.5. The van der Waals surface area contributed by atoms with Gasteiger partial charge in [0.15, 0.2) is 8.32 Å². The number of ether oxygens (including phenoxy) is 2. The molecule has 5 nitrogen and oxygen atoms in total. The molecule has 1 amide bonds. The molecule has 0 aliphatic rings. The van der Waals surface area contributed by atoms with Crippen LogP contribution in [-0.4, -0.2) is 39.3 Å². The van der Waals surface area contributed by atoms with Crippen molar-refractivity contribution in [2.45, 2.75) is 97.2 Å². The molecule has 1 N–H and O–H groups in total. The molecule has 172 valence electrons. The Morgan fingerprint density at radius 1 is 0.967 bits per heavy atom. The lowest BCUT2D eigenvalue weighted by Crippen LogP contribution is -2.50. The molecule has 30 heavy (non-hydrogen) atoms. The lowest BCUT2D eigenvalue weighted by molar-refractivity contribution is 0.00167. The van der Waals surface area contributed by atoms with E-state index in [1.165, 1.54) is 0 Å². The minimum atomic E-state index is -2.02. The lowest BCUT2D eigenvalue weighted by atomic mass is 10.2. The molecule has 1 aromatic rings. The molecule has 0 bridgehead atoms. The molecule has 1 atom stereocenters. The van der Waals surface area contributed by atoms with Gasteiger partial charge in [0.05, 0.1) is 19.3 Å². The third-order valence-electron chi connectivity index (χ3n) is 5.43. The number of carbonyl (C=O) groups excluding carboxylic acids is 1. The summed E-state index contributed by atoms with van der Waals surface area (Å²) in [4.78, 5) is 12.1. The van der Waals surface area contributed by atoms with Gasteiger partial charge in [-0.05, 0) is 43.0 Å². The van der Waals surface area contributed by atoms with Crippen molar-refractivity contribution in [1.29, 1.82) is 0 Å². The molecule has 0 radical (unpaired) electrons. The van der Waals surface area contributed by atoms with Crippen LogP contribution in [0.25, 0.3) is 0 Å². The number of hydrogen-bond acceptors (Lipinski definition) is 4. The quantitative estimate of drug-likeness (QED) is 0.413. The maximum absolute atomic E-state index is 12.1.